The van der Waals surface area contributed by atoms with E-state index in [1.54, 1.807) is 6.92 Å². The van der Waals surface area contributed by atoms with Gasteiger partial charge in [0.1, 0.15) is 11.5 Å². The molecular weight excluding hydrogens is 193 g/mol. The van der Waals surface area contributed by atoms with E-state index in [4.69, 9.17) is 5.21 Å². The van der Waals surface area contributed by atoms with Gasteiger partial charge in [0.25, 0.3) is 0 Å². The minimum atomic E-state index is -0.496. The molecule has 0 heterocycles. The van der Waals surface area contributed by atoms with E-state index < -0.39 is 5.83 Å². The third-order valence-electron chi connectivity index (χ3n) is 2.10. The van der Waals surface area contributed by atoms with Gasteiger partial charge in [0, 0.05) is 0 Å². The third kappa shape index (κ3) is 3.20. The zero-order valence-electron chi connectivity index (χ0n) is 8.87. The lowest BCUT2D eigenvalue weighted by Crippen LogP contribution is -1.96. The number of halogens is 1. The Hall–Kier alpha value is -1.64. The Morgan fingerprint density at radius 1 is 1.40 bits per heavy atom. The van der Waals surface area contributed by atoms with Crippen LogP contribution in [0.1, 0.15) is 24.5 Å². The molecule has 0 aromatic heterocycles. The molecule has 0 aliphatic carbocycles. The maximum atomic E-state index is 13.4. The van der Waals surface area contributed by atoms with Gasteiger partial charge in [-0.2, -0.15) is 0 Å². The van der Waals surface area contributed by atoms with Crippen molar-refractivity contribution in [2.24, 2.45) is 5.16 Å². The molecule has 1 rings (SSSR count). The first-order valence-electron chi connectivity index (χ1n) is 4.82. The van der Waals surface area contributed by atoms with Gasteiger partial charge in [0.2, 0.25) is 0 Å². The summed E-state index contributed by atoms with van der Waals surface area (Å²) in [4.78, 5) is 0. The number of nitrogens with zero attached hydrogens (tertiary/aromatic N) is 1. The SMILES string of the molecule is CCC(=NO)C(F)=Cc1ccc(C)cc1. The minimum Gasteiger partial charge on any atom is -0.411 e. The fraction of sp³-hybridized carbons (Fsp3) is 0.250. The minimum absolute atomic E-state index is 0.0653. The van der Waals surface area contributed by atoms with E-state index in [-0.39, 0.29) is 5.71 Å². The van der Waals surface area contributed by atoms with Gasteiger partial charge in [-0.05, 0) is 25.0 Å². The van der Waals surface area contributed by atoms with Crippen molar-refractivity contribution in [1.29, 1.82) is 0 Å². The van der Waals surface area contributed by atoms with Gasteiger partial charge in [-0.1, -0.05) is 41.9 Å². The van der Waals surface area contributed by atoms with Gasteiger partial charge in [-0.25, -0.2) is 4.39 Å². The summed E-state index contributed by atoms with van der Waals surface area (Å²) in [5, 5.41) is 11.4. The Morgan fingerprint density at radius 2 is 2.00 bits per heavy atom. The lowest BCUT2D eigenvalue weighted by atomic mass is 10.1. The average molecular weight is 207 g/mol. The molecule has 0 aliphatic rings. The highest BCUT2D eigenvalue weighted by Crippen LogP contribution is 2.12. The van der Waals surface area contributed by atoms with Crippen molar-refractivity contribution in [2.45, 2.75) is 20.3 Å². The first kappa shape index (κ1) is 11.4. The van der Waals surface area contributed by atoms with Crippen molar-refractivity contribution in [3.63, 3.8) is 0 Å². The van der Waals surface area contributed by atoms with E-state index in [0.717, 1.165) is 11.1 Å². The van der Waals surface area contributed by atoms with E-state index in [1.807, 2.05) is 31.2 Å². The second-order valence-electron chi connectivity index (χ2n) is 3.30. The number of allylic oxidation sites excluding steroid dienone is 1. The molecule has 0 amide bonds. The summed E-state index contributed by atoms with van der Waals surface area (Å²) in [5.41, 5.74) is 1.95. The van der Waals surface area contributed by atoms with Gasteiger partial charge < -0.3 is 5.21 Å². The topological polar surface area (TPSA) is 32.6 Å². The van der Waals surface area contributed by atoms with Crippen molar-refractivity contribution in [1.82, 2.24) is 0 Å². The molecule has 0 saturated carbocycles. The summed E-state index contributed by atoms with van der Waals surface area (Å²) in [6.07, 6.45) is 1.72. The molecule has 0 atom stereocenters. The summed E-state index contributed by atoms with van der Waals surface area (Å²) in [5.74, 6) is -0.496. The molecule has 1 aromatic rings. The molecule has 0 bridgehead atoms. The highest BCUT2D eigenvalue weighted by atomic mass is 19.1. The van der Waals surface area contributed by atoms with Crippen LogP contribution in [0.3, 0.4) is 0 Å². The highest BCUT2D eigenvalue weighted by molar-refractivity contribution is 6.01. The Labute approximate surface area is 88.7 Å². The van der Waals surface area contributed by atoms with Crippen LogP contribution < -0.4 is 0 Å². The van der Waals surface area contributed by atoms with E-state index >= 15 is 0 Å². The van der Waals surface area contributed by atoms with Crippen LogP contribution in [-0.2, 0) is 0 Å². The number of oxime groups is 1. The lowest BCUT2D eigenvalue weighted by Gasteiger charge is -1.98. The number of benzene rings is 1. The van der Waals surface area contributed by atoms with Gasteiger partial charge in [0.05, 0.1) is 0 Å². The Morgan fingerprint density at radius 3 is 2.47 bits per heavy atom. The van der Waals surface area contributed by atoms with Crippen LogP contribution >= 0.6 is 0 Å². The van der Waals surface area contributed by atoms with E-state index in [0.29, 0.717) is 6.42 Å². The maximum Gasteiger partial charge on any atom is 0.148 e. The van der Waals surface area contributed by atoms with E-state index in [9.17, 15) is 4.39 Å². The second-order valence-corrected chi connectivity index (χ2v) is 3.30. The number of hydrogen-bond donors (Lipinski definition) is 1. The molecule has 2 nitrogen and oxygen atoms in total. The Kier molecular flexibility index (Phi) is 4.03. The quantitative estimate of drug-likeness (QED) is 0.459. The molecule has 15 heavy (non-hydrogen) atoms. The number of rotatable bonds is 3. The second kappa shape index (κ2) is 5.29. The van der Waals surface area contributed by atoms with Crippen LogP contribution in [0.5, 0.6) is 0 Å². The van der Waals surface area contributed by atoms with Crippen LogP contribution in [0.2, 0.25) is 0 Å². The Balaban J connectivity index is 2.92. The predicted octanol–water partition coefficient (Wildman–Crippen LogP) is 3.55. The summed E-state index contributed by atoms with van der Waals surface area (Å²) in [7, 11) is 0. The average Bonchev–Trinajstić information content (AvgIpc) is 2.23. The molecular formula is C12H14FNO. The highest BCUT2D eigenvalue weighted by Gasteiger charge is 2.04. The molecule has 0 spiro atoms. The third-order valence-corrected chi connectivity index (χ3v) is 2.10. The lowest BCUT2D eigenvalue weighted by molar-refractivity contribution is 0.317. The van der Waals surface area contributed by atoms with Gasteiger partial charge in [0.15, 0.2) is 0 Å². The van der Waals surface area contributed by atoms with Crippen molar-refractivity contribution in [3.8, 4) is 0 Å². The first-order chi connectivity index (χ1) is 7.17. The molecule has 0 fully saturated rings. The molecule has 3 heteroatoms. The smallest absolute Gasteiger partial charge is 0.148 e. The monoisotopic (exact) mass is 207 g/mol. The molecule has 80 valence electrons. The van der Waals surface area contributed by atoms with Crippen LogP contribution in [0.15, 0.2) is 35.2 Å². The molecule has 0 unspecified atom stereocenters. The van der Waals surface area contributed by atoms with E-state index in [2.05, 4.69) is 5.16 Å². The largest absolute Gasteiger partial charge is 0.411 e. The summed E-state index contributed by atoms with van der Waals surface area (Å²) >= 11 is 0. The van der Waals surface area contributed by atoms with Gasteiger partial charge in [-0.3, -0.25) is 0 Å². The fourth-order valence-electron chi connectivity index (χ4n) is 1.18. The van der Waals surface area contributed by atoms with E-state index in [1.165, 1.54) is 6.08 Å². The van der Waals surface area contributed by atoms with Crippen molar-refractivity contribution in [2.75, 3.05) is 0 Å². The molecule has 0 aliphatic heterocycles. The molecule has 0 radical (unpaired) electrons. The zero-order valence-corrected chi connectivity index (χ0v) is 8.87. The van der Waals surface area contributed by atoms with Crippen LogP contribution in [0.25, 0.3) is 6.08 Å². The summed E-state index contributed by atoms with van der Waals surface area (Å²) in [6, 6.07) is 7.45. The fourth-order valence-corrected chi connectivity index (χ4v) is 1.18. The summed E-state index contributed by atoms with van der Waals surface area (Å²) < 4.78 is 13.4. The summed E-state index contributed by atoms with van der Waals surface area (Å²) in [6.45, 7) is 3.70. The first-order valence-corrected chi connectivity index (χ1v) is 4.82. The van der Waals surface area contributed by atoms with Crippen LogP contribution in [0, 0.1) is 6.92 Å². The molecule has 1 N–H and O–H groups in total. The maximum absolute atomic E-state index is 13.4. The molecule has 1 aromatic carbocycles. The zero-order chi connectivity index (χ0) is 11.3. The van der Waals surface area contributed by atoms with Crippen molar-refractivity contribution in [3.05, 3.63) is 41.2 Å². The Bertz CT molecular complexity index is 379. The van der Waals surface area contributed by atoms with Gasteiger partial charge in [-0.15, -0.1) is 0 Å². The molecule has 0 saturated heterocycles. The number of aryl methyl sites for hydroxylation is 1. The normalized spacial score (nSPS) is 13.0. The van der Waals surface area contributed by atoms with Crippen molar-refractivity contribution >= 4 is 11.8 Å². The standard InChI is InChI=1S/C12H14FNO/c1-3-12(14-15)11(13)8-10-6-4-9(2)5-7-10/h4-8,15H,3H2,1-2H3. The van der Waals surface area contributed by atoms with Crippen LogP contribution in [0.4, 0.5) is 4.39 Å². The van der Waals surface area contributed by atoms with Crippen molar-refractivity contribution < 1.29 is 9.60 Å². The van der Waals surface area contributed by atoms with Crippen LogP contribution in [-0.4, -0.2) is 10.9 Å². The predicted molar refractivity (Wildman–Crippen MR) is 59.8 cm³/mol. The van der Waals surface area contributed by atoms with Gasteiger partial charge >= 0.3 is 0 Å². The number of hydrogen-bond acceptors (Lipinski definition) is 2.